The number of halogens is 1. The summed E-state index contributed by atoms with van der Waals surface area (Å²) in [6, 6.07) is 3.91. The van der Waals surface area contributed by atoms with E-state index >= 15 is 0 Å². The standard InChI is InChI=1S/C17H21ClN4O2/c18-13-8-12(9-14-17(13)24-7-6-23-14)10-19-11-16-21-20-15-4-2-1-3-5-22(15)16/h8-9,19H,1-7,10-11H2. The largest absolute Gasteiger partial charge is 0.486 e. The Morgan fingerprint density at radius 2 is 2.00 bits per heavy atom. The summed E-state index contributed by atoms with van der Waals surface area (Å²) in [6.07, 6.45) is 4.72. The van der Waals surface area contributed by atoms with Gasteiger partial charge in [-0.3, -0.25) is 0 Å². The third-order valence-corrected chi connectivity index (χ3v) is 4.74. The minimum Gasteiger partial charge on any atom is -0.486 e. The minimum atomic E-state index is 0.544. The summed E-state index contributed by atoms with van der Waals surface area (Å²) in [5.74, 6) is 3.50. The zero-order valence-corrected chi connectivity index (χ0v) is 14.3. The average Bonchev–Trinajstić information content (AvgIpc) is 2.82. The summed E-state index contributed by atoms with van der Waals surface area (Å²) < 4.78 is 13.4. The van der Waals surface area contributed by atoms with Crippen molar-refractivity contribution in [1.29, 1.82) is 0 Å². The van der Waals surface area contributed by atoms with Crippen LogP contribution >= 0.6 is 11.6 Å². The Balaban J connectivity index is 1.41. The molecule has 7 heteroatoms. The second kappa shape index (κ2) is 6.99. The summed E-state index contributed by atoms with van der Waals surface area (Å²) in [5.41, 5.74) is 1.07. The second-order valence-corrected chi connectivity index (χ2v) is 6.61. The Morgan fingerprint density at radius 3 is 2.96 bits per heavy atom. The number of aryl methyl sites for hydroxylation is 1. The molecule has 0 aliphatic carbocycles. The predicted molar refractivity (Wildman–Crippen MR) is 90.6 cm³/mol. The molecule has 0 radical (unpaired) electrons. The van der Waals surface area contributed by atoms with Crippen LogP contribution in [0.1, 0.15) is 36.5 Å². The van der Waals surface area contributed by atoms with E-state index in [9.17, 15) is 0 Å². The van der Waals surface area contributed by atoms with Gasteiger partial charge >= 0.3 is 0 Å². The first kappa shape index (κ1) is 15.7. The van der Waals surface area contributed by atoms with Gasteiger partial charge in [0.1, 0.15) is 24.9 Å². The van der Waals surface area contributed by atoms with E-state index in [2.05, 4.69) is 20.1 Å². The summed E-state index contributed by atoms with van der Waals surface area (Å²) in [4.78, 5) is 0. The molecule has 1 aromatic heterocycles. The van der Waals surface area contributed by atoms with Crippen LogP contribution in [0.5, 0.6) is 11.5 Å². The molecule has 0 bridgehead atoms. The van der Waals surface area contributed by atoms with Crippen molar-refractivity contribution in [3.63, 3.8) is 0 Å². The summed E-state index contributed by atoms with van der Waals surface area (Å²) in [5, 5.41) is 12.7. The Bertz CT molecular complexity index is 732. The lowest BCUT2D eigenvalue weighted by molar-refractivity contribution is 0.171. The molecular formula is C17H21ClN4O2. The molecule has 2 aromatic rings. The van der Waals surface area contributed by atoms with Gasteiger partial charge in [-0.05, 0) is 30.5 Å². The average molecular weight is 349 g/mol. The Hall–Kier alpha value is -1.79. The van der Waals surface area contributed by atoms with Gasteiger partial charge in [0.15, 0.2) is 11.5 Å². The van der Waals surface area contributed by atoms with Gasteiger partial charge in [-0.15, -0.1) is 10.2 Å². The van der Waals surface area contributed by atoms with Gasteiger partial charge in [0.05, 0.1) is 11.6 Å². The molecule has 1 N–H and O–H groups in total. The van der Waals surface area contributed by atoms with Gasteiger partial charge in [-0.1, -0.05) is 18.0 Å². The maximum absolute atomic E-state index is 6.28. The molecule has 0 fully saturated rings. The highest BCUT2D eigenvalue weighted by atomic mass is 35.5. The minimum absolute atomic E-state index is 0.544. The first-order chi connectivity index (χ1) is 11.8. The van der Waals surface area contributed by atoms with Crippen LogP contribution in [0.3, 0.4) is 0 Å². The van der Waals surface area contributed by atoms with Gasteiger partial charge in [-0.2, -0.15) is 0 Å². The third-order valence-electron chi connectivity index (χ3n) is 4.45. The molecule has 0 saturated heterocycles. The van der Waals surface area contributed by atoms with Gasteiger partial charge in [0, 0.05) is 19.5 Å². The summed E-state index contributed by atoms with van der Waals surface area (Å²) in [6.45, 7) is 3.52. The van der Waals surface area contributed by atoms with Gasteiger partial charge < -0.3 is 19.4 Å². The van der Waals surface area contributed by atoms with Crippen molar-refractivity contribution in [2.24, 2.45) is 0 Å². The molecule has 0 amide bonds. The Morgan fingerprint density at radius 1 is 1.08 bits per heavy atom. The van der Waals surface area contributed by atoms with E-state index in [0.717, 1.165) is 35.9 Å². The van der Waals surface area contributed by atoms with Crippen LogP contribution in [-0.4, -0.2) is 28.0 Å². The predicted octanol–water partition coefficient (Wildman–Crippen LogP) is 2.72. The fraction of sp³-hybridized carbons (Fsp3) is 0.529. The van der Waals surface area contributed by atoms with Crippen molar-refractivity contribution >= 4 is 11.6 Å². The van der Waals surface area contributed by atoms with E-state index < -0.39 is 0 Å². The van der Waals surface area contributed by atoms with Crippen LogP contribution in [0.15, 0.2) is 12.1 Å². The lowest BCUT2D eigenvalue weighted by Crippen LogP contribution is -2.19. The molecule has 0 atom stereocenters. The molecule has 6 nitrogen and oxygen atoms in total. The van der Waals surface area contributed by atoms with Crippen molar-refractivity contribution in [1.82, 2.24) is 20.1 Å². The van der Waals surface area contributed by atoms with Crippen molar-refractivity contribution < 1.29 is 9.47 Å². The quantitative estimate of drug-likeness (QED) is 0.920. The zero-order chi connectivity index (χ0) is 16.4. The van der Waals surface area contributed by atoms with E-state index in [0.29, 0.717) is 37.1 Å². The zero-order valence-electron chi connectivity index (χ0n) is 13.6. The molecule has 2 aliphatic rings. The molecule has 1 aromatic carbocycles. The number of nitrogens with zero attached hydrogens (tertiary/aromatic N) is 3. The number of benzene rings is 1. The maximum Gasteiger partial charge on any atom is 0.179 e. The molecule has 4 rings (SSSR count). The Kier molecular flexibility index (Phi) is 4.58. The normalized spacial score (nSPS) is 16.5. The number of hydrogen-bond acceptors (Lipinski definition) is 5. The molecule has 128 valence electrons. The highest BCUT2D eigenvalue weighted by Gasteiger charge is 2.17. The fourth-order valence-corrected chi connectivity index (χ4v) is 3.55. The maximum atomic E-state index is 6.28. The number of fused-ring (bicyclic) bond motifs is 2. The van der Waals surface area contributed by atoms with Crippen LogP contribution in [-0.2, 0) is 26.1 Å². The summed E-state index contributed by atoms with van der Waals surface area (Å²) >= 11 is 6.28. The van der Waals surface area contributed by atoms with Crippen molar-refractivity contribution in [3.8, 4) is 11.5 Å². The first-order valence-electron chi connectivity index (χ1n) is 8.51. The van der Waals surface area contributed by atoms with E-state index in [1.165, 1.54) is 19.3 Å². The molecule has 0 saturated carbocycles. The monoisotopic (exact) mass is 348 g/mol. The van der Waals surface area contributed by atoms with Crippen molar-refractivity contribution in [3.05, 3.63) is 34.4 Å². The lowest BCUT2D eigenvalue weighted by atomic mass is 10.2. The molecule has 0 unspecified atom stereocenters. The number of rotatable bonds is 4. The molecule has 2 aliphatic heterocycles. The van der Waals surface area contributed by atoms with E-state index in [1.54, 1.807) is 0 Å². The molecule has 0 spiro atoms. The van der Waals surface area contributed by atoms with Crippen molar-refractivity contribution in [2.45, 2.75) is 45.3 Å². The fourth-order valence-electron chi connectivity index (χ4n) is 3.26. The lowest BCUT2D eigenvalue weighted by Gasteiger charge is -2.20. The Labute approximate surface area is 146 Å². The van der Waals surface area contributed by atoms with Crippen LogP contribution in [0.2, 0.25) is 5.02 Å². The number of ether oxygens (including phenoxy) is 2. The number of aromatic nitrogens is 3. The molecule has 24 heavy (non-hydrogen) atoms. The van der Waals surface area contributed by atoms with E-state index in [-0.39, 0.29) is 0 Å². The van der Waals surface area contributed by atoms with Gasteiger partial charge in [0.25, 0.3) is 0 Å². The highest BCUT2D eigenvalue weighted by molar-refractivity contribution is 6.32. The van der Waals surface area contributed by atoms with Gasteiger partial charge in [-0.25, -0.2) is 0 Å². The molecular weight excluding hydrogens is 328 g/mol. The third kappa shape index (κ3) is 3.21. The first-order valence-corrected chi connectivity index (χ1v) is 8.89. The van der Waals surface area contributed by atoms with E-state index in [1.807, 2.05) is 12.1 Å². The van der Waals surface area contributed by atoms with Crippen LogP contribution in [0, 0.1) is 0 Å². The summed E-state index contributed by atoms with van der Waals surface area (Å²) in [7, 11) is 0. The second-order valence-electron chi connectivity index (χ2n) is 6.20. The van der Waals surface area contributed by atoms with Crippen LogP contribution in [0.4, 0.5) is 0 Å². The van der Waals surface area contributed by atoms with Crippen LogP contribution in [0.25, 0.3) is 0 Å². The highest BCUT2D eigenvalue weighted by Crippen LogP contribution is 2.38. The van der Waals surface area contributed by atoms with Crippen LogP contribution < -0.4 is 14.8 Å². The van der Waals surface area contributed by atoms with E-state index in [4.69, 9.17) is 21.1 Å². The smallest absolute Gasteiger partial charge is 0.179 e. The van der Waals surface area contributed by atoms with Gasteiger partial charge in [0.2, 0.25) is 0 Å². The topological polar surface area (TPSA) is 61.2 Å². The molecule has 3 heterocycles. The number of hydrogen-bond donors (Lipinski definition) is 1. The van der Waals surface area contributed by atoms with Crippen molar-refractivity contribution in [2.75, 3.05) is 13.2 Å². The number of nitrogens with one attached hydrogen (secondary N) is 1. The SMILES string of the molecule is Clc1cc(CNCc2nnc3n2CCCCC3)cc2c1OCCO2.